The molecule has 1 heterocycles. The molecule has 0 aliphatic carbocycles. The van der Waals surface area contributed by atoms with Crippen LogP contribution in [0.1, 0.15) is 29.8 Å². The van der Waals surface area contributed by atoms with Gasteiger partial charge in [0.2, 0.25) is 0 Å². The van der Waals surface area contributed by atoms with Crippen molar-refractivity contribution in [3.63, 3.8) is 0 Å². The third-order valence-corrected chi connectivity index (χ3v) is 3.21. The van der Waals surface area contributed by atoms with Crippen molar-refractivity contribution < 1.29 is 9.50 Å². The number of nitrogens with zero attached hydrogens (tertiary/aromatic N) is 2. The Bertz CT molecular complexity index is 568. The minimum Gasteiger partial charge on any atom is -0.387 e. The van der Waals surface area contributed by atoms with E-state index in [1.807, 2.05) is 13.2 Å². The van der Waals surface area contributed by atoms with E-state index in [1.54, 1.807) is 16.8 Å². The summed E-state index contributed by atoms with van der Waals surface area (Å²) in [4.78, 5) is 0. The maximum absolute atomic E-state index is 13.1. The van der Waals surface area contributed by atoms with Gasteiger partial charge in [-0.2, -0.15) is 5.10 Å². The number of aryl methyl sites for hydroxylation is 2. The van der Waals surface area contributed by atoms with Gasteiger partial charge in [0.1, 0.15) is 5.82 Å². The number of hydrogen-bond donors (Lipinski definition) is 2. The zero-order valence-corrected chi connectivity index (χ0v) is 11.8. The molecule has 0 radical (unpaired) electrons. The van der Waals surface area contributed by atoms with Crippen molar-refractivity contribution in [1.82, 2.24) is 15.1 Å². The van der Waals surface area contributed by atoms with Gasteiger partial charge in [0.05, 0.1) is 11.8 Å². The molecular weight excluding hydrogens is 257 g/mol. The van der Waals surface area contributed by atoms with Crippen LogP contribution in [-0.4, -0.2) is 21.4 Å². The number of aliphatic hydroxyl groups is 1. The average Bonchev–Trinajstić information content (AvgIpc) is 2.79. The fourth-order valence-corrected chi connectivity index (χ4v) is 2.20. The average molecular weight is 277 g/mol. The van der Waals surface area contributed by atoms with Crippen molar-refractivity contribution in [3.8, 4) is 0 Å². The van der Waals surface area contributed by atoms with E-state index in [0.29, 0.717) is 18.7 Å². The fourth-order valence-electron chi connectivity index (χ4n) is 2.20. The van der Waals surface area contributed by atoms with Gasteiger partial charge in [-0.1, -0.05) is 19.1 Å². The number of aliphatic hydroxyl groups excluding tert-OH is 1. The molecule has 0 bridgehead atoms. The van der Waals surface area contributed by atoms with E-state index >= 15 is 0 Å². The minimum absolute atomic E-state index is 0.331. The van der Waals surface area contributed by atoms with Crippen LogP contribution in [0, 0.1) is 5.82 Å². The zero-order valence-electron chi connectivity index (χ0n) is 11.8. The SMILES string of the molecule is CCc1nn(C)cc1CNCC(O)c1cccc(F)c1. The van der Waals surface area contributed by atoms with Crippen molar-refractivity contribution in [2.24, 2.45) is 7.05 Å². The summed E-state index contributed by atoms with van der Waals surface area (Å²) in [5, 5.41) is 17.5. The molecule has 2 N–H and O–H groups in total. The molecule has 0 saturated heterocycles. The van der Waals surface area contributed by atoms with Gasteiger partial charge in [0.15, 0.2) is 0 Å². The van der Waals surface area contributed by atoms with Crippen molar-refractivity contribution in [2.45, 2.75) is 26.0 Å². The molecule has 2 aromatic rings. The first-order valence-electron chi connectivity index (χ1n) is 6.75. The quantitative estimate of drug-likeness (QED) is 0.848. The van der Waals surface area contributed by atoms with Crippen molar-refractivity contribution in [2.75, 3.05) is 6.54 Å². The highest BCUT2D eigenvalue weighted by Gasteiger charge is 2.09. The topological polar surface area (TPSA) is 50.1 Å². The first kappa shape index (κ1) is 14.7. The van der Waals surface area contributed by atoms with Crippen LogP contribution in [-0.2, 0) is 20.0 Å². The molecule has 0 aliphatic rings. The normalized spacial score (nSPS) is 12.6. The van der Waals surface area contributed by atoms with Gasteiger partial charge >= 0.3 is 0 Å². The van der Waals surface area contributed by atoms with Gasteiger partial charge in [-0.15, -0.1) is 0 Å². The van der Waals surface area contributed by atoms with Gasteiger partial charge in [-0.3, -0.25) is 4.68 Å². The summed E-state index contributed by atoms with van der Waals surface area (Å²) >= 11 is 0. The second kappa shape index (κ2) is 6.63. The highest BCUT2D eigenvalue weighted by atomic mass is 19.1. The van der Waals surface area contributed by atoms with Crippen molar-refractivity contribution in [1.29, 1.82) is 0 Å². The summed E-state index contributed by atoms with van der Waals surface area (Å²) in [6, 6.07) is 6.04. The molecule has 4 nitrogen and oxygen atoms in total. The van der Waals surface area contributed by atoms with Crippen LogP contribution in [0.25, 0.3) is 0 Å². The summed E-state index contributed by atoms with van der Waals surface area (Å²) in [7, 11) is 1.89. The molecular formula is C15H20FN3O. The standard InChI is InChI=1S/C15H20FN3O/c1-3-14-12(10-19(2)18-14)8-17-9-15(20)11-5-4-6-13(16)7-11/h4-7,10,15,17,20H,3,8-9H2,1-2H3. The molecule has 20 heavy (non-hydrogen) atoms. The Kier molecular flexibility index (Phi) is 4.87. The third-order valence-electron chi connectivity index (χ3n) is 3.21. The summed E-state index contributed by atoms with van der Waals surface area (Å²) in [6.45, 7) is 3.08. The molecule has 1 aromatic heterocycles. The number of halogens is 1. The van der Waals surface area contributed by atoms with E-state index in [-0.39, 0.29) is 5.82 Å². The molecule has 5 heteroatoms. The molecule has 0 aliphatic heterocycles. The molecule has 1 unspecified atom stereocenters. The molecule has 2 rings (SSSR count). The predicted octanol–water partition coefficient (Wildman–Crippen LogP) is 1.94. The number of aromatic nitrogens is 2. The Morgan fingerprint density at radius 1 is 1.45 bits per heavy atom. The zero-order chi connectivity index (χ0) is 14.5. The molecule has 0 spiro atoms. The van der Waals surface area contributed by atoms with Crippen LogP contribution in [0.3, 0.4) is 0 Å². The Morgan fingerprint density at radius 2 is 2.25 bits per heavy atom. The van der Waals surface area contributed by atoms with E-state index in [0.717, 1.165) is 17.7 Å². The highest BCUT2D eigenvalue weighted by Crippen LogP contribution is 2.13. The molecule has 0 amide bonds. The predicted molar refractivity (Wildman–Crippen MR) is 75.7 cm³/mol. The number of hydrogen-bond acceptors (Lipinski definition) is 3. The first-order valence-corrected chi connectivity index (χ1v) is 6.75. The highest BCUT2D eigenvalue weighted by molar-refractivity contribution is 5.19. The number of rotatable bonds is 6. The summed E-state index contributed by atoms with van der Waals surface area (Å²) in [6.07, 6.45) is 2.14. The Hall–Kier alpha value is -1.72. The largest absolute Gasteiger partial charge is 0.387 e. The fraction of sp³-hybridized carbons (Fsp3) is 0.400. The van der Waals surface area contributed by atoms with Gasteiger partial charge in [-0.05, 0) is 24.1 Å². The van der Waals surface area contributed by atoms with Crippen LogP contribution < -0.4 is 5.32 Å². The van der Waals surface area contributed by atoms with E-state index < -0.39 is 6.10 Å². The third kappa shape index (κ3) is 3.65. The maximum Gasteiger partial charge on any atom is 0.123 e. The Balaban J connectivity index is 1.89. The summed E-state index contributed by atoms with van der Waals surface area (Å²) in [5.41, 5.74) is 2.76. The molecule has 0 fully saturated rings. The smallest absolute Gasteiger partial charge is 0.123 e. The van der Waals surface area contributed by atoms with Gasteiger partial charge in [0, 0.05) is 31.9 Å². The summed E-state index contributed by atoms with van der Waals surface area (Å²) in [5.74, 6) is -0.331. The van der Waals surface area contributed by atoms with Gasteiger partial charge < -0.3 is 10.4 Å². The monoisotopic (exact) mass is 277 g/mol. The number of nitrogens with one attached hydrogen (secondary N) is 1. The van der Waals surface area contributed by atoms with Crippen LogP contribution in [0.2, 0.25) is 0 Å². The van der Waals surface area contributed by atoms with Crippen molar-refractivity contribution in [3.05, 3.63) is 53.1 Å². The van der Waals surface area contributed by atoms with E-state index in [4.69, 9.17) is 0 Å². The van der Waals surface area contributed by atoms with Crippen LogP contribution in [0.5, 0.6) is 0 Å². The van der Waals surface area contributed by atoms with Crippen LogP contribution in [0.4, 0.5) is 4.39 Å². The lowest BCUT2D eigenvalue weighted by atomic mass is 10.1. The Morgan fingerprint density at radius 3 is 2.95 bits per heavy atom. The van der Waals surface area contributed by atoms with E-state index in [9.17, 15) is 9.50 Å². The lowest BCUT2D eigenvalue weighted by Gasteiger charge is -2.12. The van der Waals surface area contributed by atoms with Gasteiger partial charge in [-0.25, -0.2) is 4.39 Å². The Labute approximate surface area is 118 Å². The molecule has 108 valence electrons. The van der Waals surface area contributed by atoms with Crippen LogP contribution in [0.15, 0.2) is 30.5 Å². The van der Waals surface area contributed by atoms with Crippen molar-refractivity contribution >= 4 is 0 Å². The first-order chi connectivity index (χ1) is 9.60. The minimum atomic E-state index is -0.715. The maximum atomic E-state index is 13.1. The lowest BCUT2D eigenvalue weighted by molar-refractivity contribution is 0.174. The molecule has 0 saturated carbocycles. The second-order valence-corrected chi connectivity index (χ2v) is 4.83. The lowest BCUT2D eigenvalue weighted by Crippen LogP contribution is -2.21. The van der Waals surface area contributed by atoms with E-state index in [2.05, 4.69) is 17.3 Å². The van der Waals surface area contributed by atoms with Crippen LogP contribution >= 0.6 is 0 Å². The van der Waals surface area contributed by atoms with Gasteiger partial charge in [0.25, 0.3) is 0 Å². The molecule has 1 aromatic carbocycles. The molecule has 1 atom stereocenters. The van der Waals surface area contributed by atoms with E-state index in [1.165, 1.54) is 12.1 Å². The number of benzene rings is 1. The second-order valence-electron chi connectivity index (χ2n) is 4.83. The summed E-state index contributed by atoms with van der Waals surface area (Å²) < 4.78 is 14.9.